The maximum absolute atomic E-state index is 11.0. The van der Waals surface area contributed by atoms with Crippen LogP contribution in [0.25, 0.3) is 10.9 Å². The molecule has 0 aliphatic heterocycles. The first kappa shape index (κ1) is 12.0. The normalized spacial score (nSPS) is 12.6. The number of carbonyl (C=O) groups is 1. The number of aryl methyl sites for hydroxylation is 1. The van der Waals surface area contributed by atoms with E-state index in [0.29, 0.717) is 16.6 Å². The van der Waals surface area contributed by atoms with Gasteiger partial charge in [0.1, 0.15) is 0 Å². The van der Waals surface area contributed by atoms with Gasteiger partial charge in [0.2, 0.25) is 0 Å². The van der Waals surface area contributed by atoms with Gasteiger partial charge in [-0.15, -0.1) is 0 Å². The molecule has 7 heteroatoms. The van der Waals surface area contributed by atoms with Gasteiger partial charge in [-0.1, -0.05) is 0 Å². The van der Waals surface area contributed by atoms with Crippen molar-refractivity contribution in [3.8, 4) is 0 Å². The van der Waals surface area contributed by atoms with Crippen LogP contribution in [0.5, 0.6) is 0 Å². The number of hydrogen-bond donors (Lipinski definition) is 1. The summed E-state index contributed by atoms with van der Waals surface area (Å²) < 4.78 is 1.46. The summed E-state index contributed by atoms with van der Waals surface area (Å²) in [5.74, 6) is -1.73. The predicted octanol–water partition coefficient (Wildman–Crippen LogP) is 1.67. The van der Waals surface area contributed by atoms with Gasteiger partial charge in [-0.25, -0.2) is 0 Å². The minimum absolute atomic E-state index is 0.0416. The SMILES string of the molecule is CC(C(=O)O)c1nn(C)c2cc([N+](=O)[O-])ccc12. The fourth-order valence-electron chi connectivity index (χ4n) is 1.82. The molecule has 1 atom stereocenters. The van der Waals surface area contributed by atoms with Gasteiger partial charge in [0, 0.05) is 24.6 Å². The molecule has 1 unspecified atom stereocenters. The highest BCUT2D eigenvalue weighted by atomic mass is 16.6. The smallest absolute Gasteiger partial charge is 0.312 e. The first-order valence-corrected chi connectivity index (χ1v) is 5.25. The fourth-order valence-corrected chi connectivity index (χ4v) is 1.82. The maximum atomic E-state index is 11.0. The average Bonchev–Trinajstić information content (AvgIpc) is 2.65. The molecule has 2 rings (SSSR count). The third kappa shape index (κ3) is 1.79. The molecule has 0 amide bonds. The molecule has 0 aliphatic rings. The lowest BCUT2D eigenvalue weighted by molar-refractivity contribution is -0.384. The largest absolute Gasteiger partial charge is 0.481 e. The number of carboxylic acid groups (broad SMARTS) is 1. The third-order valence-electron chi connectivity index (χ3n) is 2.86. The van der Waals surface area contributed by atoms with Crippen LogP contribution in [0.15, 0.2) is 18.2 Å². The molecule has 7 nitrogen and oxygen atoms in total. The summed E-state index contributed by atoms with van der Waals surface area (Å²) in [5.41, 5.74) is 0.919. The number of non-ortho nitro benzene ring substituents is 1. The van der Waals surface area contributed by atoms with Crippen molar-refractivity contribution >= 4 is 22.6 Å². The Bertz CT molecular complexity index is 647. The van der Waals surface area contributed by atoms with E-state index >= 15 is 0 Å². The second-order valence-electron chi connectivity index (χ2n) is 4.03. The lowest BCUT2D eigenvalue weighted by Crippen LogP contribution is -2.08. The molecule has 0 saturated carbocycles. The number of nitro groups is 1. The quantitative estimate of drug-likeness (QED) is 0.659. The standard InChI is InChI=1S/C11H11N3O4/c1-6(11(15)16)10-8-4-3-7(14(17)18)5-9(8)13(2)12-10/h3-6H,1-2H3,(H,15,16). The fraction of sp³-hybridized carbons (Fsp3) is 0.273. The number of carboxylic acids is 1. The molecule has 1 aromatic heterocycles. The van der Waals surface area contributed by atoms with E-state index < -0.39 is 16.8 Å². The highest BCUT2D eigenvalue weighted by Crippen LogP contribution is 2.27. The molecular weight excluding hydrogens is 238 g/mol. The molecule has 1 aromatic carbocycles. The van der Waals surface area contributed by atoms with E-state index in [-0.39, 0.29) is 5.69 Å². The number of aliphatic carboxylic acids is 1. The van der Waals surface area contributed by atoms with Gasteiger partial charge in [-0.2, -0.15) is 5.10 Å². The van der Waals surface area contributed by atoms with E-state index in [4.69, 9.17) is 5.11 Å². The van der Waals surface area contributed by atoms with Crippen LogP contribution in [0.4, 0.5) is 5.69 Å². The summed E-state index contributed by atoms with van der Waals surface area (Å²) in [6, 6.07) is 4.28. The Labute approximate surface area is 102 Å². The van der Waals surface area contributed by atoms with Gasteiger partial charge in [-0.05, 0) is 13.0 Å². The van der Waals surface area contributed by atoms with E-state index in [1.165, 1.54) is 29.8 Å². The molecule has 0 saturated heterocycles. The molecule has 0 radical (unpaired) electrons. The average molecular weight is 249 g/mol. The Morgan fingerprint density at radius 2 is 2.22 bits per heavy atom. The van der Waals surface area contributed by atoms with Crippen LogP contribution in [-0.4, -0.2) is 25.8 Å². The molecule has 94 valence electrons. The highest BCUT2D eigenvalue weighted by Gasteiger charge is 2.22. The molecule has 0 fully saturated rings. The van der Waals surface area contributed by atoms with E-state index in [2.05, 4.69) is 5.10 Å². The first-order valence-electron chi connectivity index (χ1n) is 5.25. The third-order valence-corrected chi connectivity index (χ3v) is 2.86. The zero-order valence-electron chi connectivity index (χ0n) is 9.82. The Balaban J connectivity index is 2.66. The second-order valence-corrected chi connectivity index (χ2v) is 4.03. The zero-order chi connectivity index (χ0) is 13.4. The number of hydrogen-bond acceptors (Lipinski definition) is 4. The molecule has 18 heavy (non-hydrogen) atoms. The number of benzene rings is 1. The molecule has 1 N–H and O–H groups in total. The van der Waals surface area contributed by atoms with E-state index in [9.17, 15) is 14.9 Å². The Morgan fingerprint density at radius 3 is 2.78 bits per heavy atom. The van der Waals surface area contributed by atoms with Gasteiger partial charge in [-0.3, -0.25) is 19.6 Å². The van der Waals surface area contributed by atoms with Gasteiger partial charge >= 0.3 is 5.97 Å². The number of nitrogens with zero attached hydrogens (tertiary/aromatic N) is 3. The minimum atomic E-state index is -0.978. The monoisotopic (exact) mass is 249 g/mol. The summed E-state index contributed by atoms with van der Waals surface area (Å²) in [5, 5.41) is 24.4. The van der Waals surface area contributed by atoms with Crippen LogP contribution in [0, 0.1) is 10.1 Å². The van der Waals surface area contributed by atoms with Gasteiger partial charge in [0.05, 0.1) is 22.1 Å². The molecular formula is C11H11N3O4. The van der Waals surface area contributed by atoms with E-state index in [0.717, 1.165) is 0 Å². The van der Waals surface area contributed by atoms with Crippen LogP contribution < -0.4 is 0 Å². The number of fused-ring (bicyclic) bond motifs is 1. The number of aromatic nitrogens is 2. The summed E-state index contributed by atoms with van der Waals surface area (Å²) >= 11 is 0. The molecule has 0 spiro atoms. The van der Waals surface area contributed by atoms with Gasteiger partial charge in [0.25, 0.3) is 5.69 Å². The summed E-state index contributed by atoms with van der Waals surface area (Å²) in [6.45, 7) is 1.53. The first-order chi connectivity index (χ1) is 8.41. The molecule has 0 bridgehead atoms. The summed E-state index contributed by atoms with van der Waals surface area (Å²) in [6.07, 6.45) is 0. The molecule has 1 heterocycles. The summed E-state index contributed by atoms with van der Waals surface area (Å²) in [4.78, 5) is 21.2. The van der Waals surface area contributed by atoms with Crippen molar-refractivity contribution in [2.45, 2.75) is 12.8 Å². The summed E-state index contributed by atoms with van der Waals surface area (Å²) in [7, 11) is 1.63. The van der Waals surface area contributed by atoms with Crippen LogP contribution in [0.1, 0.15) is 18.5 Å². The Kier molecular flexibility index (Phi) is 2.74. The highest BCUT2D eigenvalue weighted by molar-refractivity contribution is 5.89. The van der Waals surface area contributed by atoms with Crippen molar-refractivity contribution in [3.05, 3.63) is 34.0 Å². The van der Waals surface area contributed by atoms with Crippen molar-refractivity contribution in [1.82, 2.24) is 9.78 Å². The van der Waals surface area contributed by atoms with E-state index in [1.54, 1.807) is 7.05 Å². The topological polar surface area (TPSA) is 98.3 Å². The lowest BCUT2D eigenvalue weighted by atomic mass is 10.0. The Morgan fingerprint density at radius 1 is 1.56 bits per heavy atom. The van der Waals surface area contributed by atoms with E-state index in [1.807, 2.05) is 0 Å². The van der Waals surface area contributed by atoms with Crippen molar-refractivity contribution in [2.24, 2.45) is 7.05 Å². The van der Waals surface area contributed by atoms with Crippen LogP contribution in [0.3, 0.4) is 0 Å². The van der Waals surface area contributed by atoms with Crippen molar-refractivity contribution in [2.75, 3.05) is 0 Å². The second kappa shape index (κ2) is 4.10. The maximum Gasteiger partial charge on any atom is 0.312 e. The van der Waals surface area contributed by atoms with Crippen molar-refractivity contribution in [1.29, 1.82) is 0 Å². The lowest BCUT2D eigenvalue weighted by Gasteiger charge is -2.01. The van der Waals surface area contributed by atoms with Gasteiger partial charge in [0.15, 0.2) is 0 Å². The van der Waals surface area contributed by atoms with Crippen molar-refractivity contribution in [3.63, 3.8) is 0 Å². The number of rotatable bonds is 3. The van der Waals surface area contributed by atoms with Crippen molar-refractivity contribution < 1.29 is 14.8 Å². The number of nitro benzene ring substituents is 1. The molecule has 2 aromatic rings. The van der Waals surface area contributed by atoms with Gasteiger partial charge < -0.3 is 5.11 Å². The van der Waals surface area contributed by atoms with Crippen LogP contribution in [-0.2, 0) is 11.8 Å². The van der Waals surface area contributed by atoms with Crippen LogP contribution in [0.2, 0.25) is 0 Å². The zero-order valence-corrected chi connectivity index (χ0v) is 9.82. The predicted molar refractivity (Wildman–Crippen MR) is 63.4 cm³/mol. The Hall–Kier alpha value is -2.44. The van der Waals surface area contributed by atoms with Crippen LogP contribution >= 0.6 is 0 Å². The molecule has 0 aliphatic carbocycles. The minimum Gasteiger partial charge on any atom is -0.481 e.